The highest BCUT2D eigenvalue weighted by atomic mass is 32.2. The lowest BCUT2D eigenvalue weighted by Crippen LogP contribution is -2.22. The standard InChI is InChI=1S/C14H21N3O2S2/c1-4-17-10-13(7-12(17)8-15-3)21(18,19)16-9-14-11(2)5-6-20-14/h5-7,10,15-16H,4,8-9H2,1-3H3. The average Bonchev–Trinajstić information content (AvgIpc) is 3.04. The first kappa shape index (κ1) is 16.2. The summed E-state index contributed by atoms with van der Waals surface area (Å²) in [5.74, 6) is 0. The van der Waals surface area contributed by atoms with E-state index in [4.69, 9.17) is 0 Å². The van der Waals surface area contributed by atoms with Gasteiger partial charge in [0.2, 0.25) is 10.0 Å². The van der Waals surface area contributed by atoms with Gasteiger partial charge in [0.15, 0.2) is 0 Å². The topological polar surface area (TPSA) is 63.1 Å². The van der Waals surface area contributed by atoms with Crippen molar-refractivity contribution in [2.24, 2.45) is 0 Å². The molecule has 0 fully saturated rings. The van der Waals surface area contributed by atoms with E-state index in [0.717, 1.165) is 22.7 Å². The molecule has 2 N–H and O–H groups in total. The van der Waals surface area contributed by atoms with Crippen molar-refractivity contribution in [1.82, 2.24) is 14.6 Å². The molecular formula is C14H21N3O2S2. The normalized spacial score (nSPS) is 12.0. The van der Waals surface area contributed by atoms with Gasteiger partial charge in [0.25, 0.3) is 0 Å². The molecule has 7 heteroatoms. The second kappa shape index (κ2) is 6.74. The maximum Gasteiger partial charge on any atom is 0.242 e. The third-order valence-corrected chi connectivity index (χ3v) is 5.75. The van der Waals surface area contributed by atoms with E-state index >= 15 is 0 Å². The van der Waals surface area contributed by atoms with Gasteiger partial charge in [-0.05, 0) is 44.0 Å². The molecule has 2 aromatic rings. The third-order valence-electron chi connectivity index (χ3n) is 3.36. The number of thiophene rings is 1. The molecule has 0 aliphatic heterocycles. The van der Waals surface area contributed by atoms with Gasteiger partial charge in [0.05, 0.1) is 4.90 Å². The molecular weight excluding hydrogens is 306 g/mol. The van der Waals surface area contributed by atoms with Crippen molar-refractivity contribution in [2.45, 2.75) is 38.4 Å². The van der Waals surface area contributed by atoms with Crippen molar-refractivity contribution in [3.63, 3.8) is 0 Å². The lowest BCUT2D eigenvalue weighted by molar-refractivity contribution is 0.581. The van der Waals surface area contributed by atoms with Crippen molar-refractivity contribution in [1.29, 1.82) is 0 Å². The van der Waals surface area contributed by atoms with Gasteiger partial charge in [-0.15, -0.1) is 11.3 Å². The monoisotopic (exact) mass is 327 g/mol. The van der Waals surface area contributed by atoms with Crippen LogP contribution in [0, 0.1) is 6.92 Å². The minimum absolute atomic E-state index is 0.323. The molecule has 0 unspecified atom stereocenters. The van der Waals surface area contributed by atoms with Crippen LogP contribution in [0.5, 0.6) is 0 Å². The highest BCUT2D eigenvalue weighted by Gasteiger charge is 2.18. The smallest absolute Gasteiger partial charge is 0.242 e. The zero-order chi connectivity index (χ0) is 15.5. The maximum atomic E-state index is 12.4. The first-order chi connectivity index (χ1) is 9.97. The Bertz CT molecular complexity index is 702. The van der Waals surface area contributed by atoms with Gasteiger partial charge in [0, 0.05) is 36.4 Å². The molecule has 0 aliphatic carbocycles. The Labute approximate surface area is 130 Å². The Morgan fingerprint density at radius 1 is 1.33 bits per heavy atom. The van der Waals surface area contributed by atoms with E-state index in [9.17, 15) is 8.42 Å². The Morgan fingerprint density at radius 3 is 2.67 bits per heavy atom. The quantitative estimate of drug-likeness (QED) is 0.818. The van der Waals surface area contributed by atoms with Gasteiger partial charge in [-0.2, -0.15) is 0 Å². The minimum atomic E-state index is -3.48. The number of sulfonamides is 1. The zero-order valence-corrected chi connectivity index (χ0v) is 14.1. The summed E-state index contributed by atoms with van der Waals surface area (Å²) in [4.78, 5) is 1.37. The SMILES string of the molecule is CCn1cc(S(=O)(=O)NCc2sccc2C)cc1CNC. The molecule has 2 aromatic heterocycles. The van der Waals surface area contributed by atoms with Gasteiger partial charge in [-0.1, -0.05) is 0 Å². The van der Waals surface area contributed by atoms with Gasteiger partial charge >= 0.3 is 0 Å². The van der Waals surface area contributed by atoms with Crippen molar-refractivity contribution in [3.8, 4) is 0 Å². The molecule has 0 amide bonds. The van der Waals surface area contributed by atoms with E-state index in [1.807, 2.05) is 36.9 Å². The van der Waals surface area contributed by atoms with E-state index in [1.54, 1.807) is 23.6 Å². The number of nitrogens with zero attached hydrogens (tertiary/aromatic N) is 1. The summed E-state index contributed by atoms with van der Waals surface area (Å²) < 4.78 is 29.4. The molecule has 21 heavy (non-hydrogen) atoms. The van der Waals surface area contributed by atoms with Crippen molar-refractivity contribution >= 4 is 21.4 Å². The number of hydrogen-bond acceptors (Lipinski definition) is 4. The Hall–Kier alpha value is -1.15. The number of aryl methyl sites for hydroxylation is 2. The maximum absolute atomic E-state index is 12.4. The second-order valence-electron chi connectivity index (χ2n) is 4.83. The van der Waals surface area contributed by atoms with E-state index < -0.39 is 10.0 Å². The molecule has 0 saturated carbocycles. The fourth-order valence-electron chi connectivity index (χ4n) is 2.13. The molecule has 116 valence electrons. The largest absolute Gasteiger partial charge is 0.349 e. The second-order valence-corrected chi connectivity index (χ2v) is 7.60. The minimum Gasteiger partial charge on any atom is -0.349 e. The molecule has 0 aliphatic rings. The summed E-state index contributed by atoms with van der Waals surface area (Å²) in [6.07, 6.45) is 1.69. The van der Waals surface area contributed by atoms with Gasteiger partial charge in [-0.3, -0.25) is 0 Å². The summed E-state index contributed by atoms with van der Waals surface area (Å²) >= 11 is 1.56. The van der Waals surface area contributed by atoms with Crippen LogP contribution in [0.4, 0.5) is 0 Å². The molecule has 0 spiro atoms. The van der Waals surface area contributed by atoms with Crippen LogP contribution < -0.4 is 10.0 Å². The van der Waals surface area contributed by atoms with Crippen LogP contribution in [0.15, 0.2) is 28.6 Å². The summed E-state index contributed by atoms with van der Waals surface area (Å²) in [5, 5.41) is 5.02. The lowest BCUT2D eigenvalue weighted by Gasteiger charge is -2.04. The fraction of sp³-hybridized carbons (Fsp3) is 0.429. The van der Waals surface area contributed by atoms with E-state index in [2.05, 4.69) is 10.0 Å². The first-order valence-corrected chi connectivity index (χ1v) is 9.20. The molecule has 2 rings (SSSR count). The summed E-state index contributed by atoms with van der Waals surface area (Å²) in [6.45, 7) is 5.71. The van der Waals surface area contributed by atoms with Crippen molar-refractivity contribution in [3.05, 3.63) is 39.8 Å². The van der Waals surface area contributed by atoms with Crippen LogP contribution in [0.25, 0.3) is 0 Å². The summed E-state index contributed by atoms with van der Waals surface area (Å²) in [7, 11) is -1.63. The van der Waals surface area contributed by atoms with Gasteiger partial charge in [-0.25, -0.2) is 13.1 Å². The number of rotatable bonds is 7. The highest BCUT2D eigenvalue weighted by molar-refractivity contribution is 7.89. The van der Waals surface area contributed by atoms with Crippen molar-refractivity contribution in [2.75, 3.05) is 7.05 Å². The van der Waals surface area contributed by atoms with E-state index in [0.29, 0.717) is 18.0 Å². The van der Waals surface area contributed by atoms with Crippen LogP contribution >= 0.6 is 11.3 Å². The molecule has 5 nitrogen and oxygen atoms in total. The van der Waals surface area contributed by atoms with Crippen LogP contribution in [-0.2, 0) is 29.7 Å². The predicted octanol–water partition coefficient (Wildman–Crippen LogP) is 2.08. The Balaban J connectivity index is 2.17. The van der Waals surface area contributed by atoms with Gasteiger partial charge in [0.1, 0.15) is 0 Å². The lowest BCUT2D eigenvalue weighted by atomic mass is 10.3. The molecule has 0 bridgehead atoms. The van der Waals surface area contributed by atoms with Crippen LogP contribution in [0.3, 0.4) is 0 Å². The summed E-state index contributed by atoms with van der Waals surface area (Å²) in [6, 6.07) is 3.72. The van der Waals surface area contributed by atoms with Gasteiger partial charge < -0.3 is 9.88 Å². The van der Waals surface area contributed by atoms with E-state index in [-0.39, 0.29) is 0 Å². The number of aromatic nitrogens is 1. The molecule has 0 aromatic carbocycles. The highest BCUT2D eigenvalue weighted by Crippen LogP contribution is 2.18. The van der Waals surface area contributed by atoms with Crippen LogP contribution in [0.1, 0.15) is 23.1 Å². The van der Waals surface area contributed by atoms with Crippen molar-refractivity contribution < 1.29 is 8.42 Å². The average molecular weight is 327 g/mol. The number of hydrogen-bond donors (Lipinski definition) is 2. The number of nitrogens with one attached hydrogen (secondary N) is 2. The molecule has 2 heterocycles. The Morgan fingerprint density at radius 2 is 2.10 bits per heavy atom. The first-order valence-electron chi connectivity index (χ1n) is 6.84. The predicted molar refractivity (Wildman–Crippen MR) is 86.0 cm³/mol. The zero-order valence-electron chi connectivity index (χ0n) is 12.5. The van der Waals surface area contributed by atoms with E-state index in [1.165, 1.54) is 0 Å². The summed E-state index contributed by atoms with van der Waals surface area (Å²) in [5.41, 5.74) is 2.08. The van der Waals surface area contributed by atoms with Crippen LogP contribution in [-0.4, -0.2) is 20.0 Å². The molecule has 0 atom stereocenters. The Kier molecular flexibility index (Phi) is 5.21. The third kappa shape index (κ3) is 3.74. The fourth-order valence-corrected chi connectivity index (χ4v) is 4.12. The van der Waals surface area contributed by atoms with Crippen LogP contribution in [0.2, 0.25) is 0 Å². The molecule has 0 radical (unpaired) electrons. The molecule has 0 saturated heterocycles.